The molecule has 96 valence electrons. The van der Waals surface area contributed by atoms with Crippen LogP contribution >= 0.6 is 0 Å². The molecular formula is C14H15N5. The summed E-state index contributed by atoms with van der Waals surface area (Å²) < 4.78 is 1.70. The van der Waals surface area contributed by atoms with E-state index >= 15 is 0 Å². The van der Waals surface area contributed by atoms with Gasteiger partial charge < -0.3 is 11.1 Å². The van der Waals surface area contributed by atoms with Gasteiger partial charge >= 0.3 is 0 Å². The van der Waals surface area contributed by atoms with Crippen LogP contribution in [-0.4, -0.2) is 21.1 Å². The number of hydrogen-bond acceptors (Lipinski definition) is 4. The van der Waals surface area contributed by atoms with Gasteiger partial charge in [-0.15, -0.1) is 5.10 Å². The van der Waals surface area contributed by atoms with Gasteiger partial charge in [-0.05, 0) is 36.8 Å². The second-order valence-corrected chi connectivity index (χ2v) is 4.30. The third-order valence-electron chi connectivity index (χ3n) is 2.92. The van der Waals surface area contributed by atoms with Gasteiger partial charge in [0.1, 0.15) is 0 Å². The van der Waals surface area contributed by atoms with Gasteiger partial charge in [0.15, 0.2) is 5.65 Å². The Morgan fingerprint density at radius 1 is 1.21 bits per heavy atom. The van der Waals surface area contributed by atoms with Crippen LogP contribution in [0, 0.1) is 0 Å². The van der Waals surface area contributed by atoms with Gasteiger partial charge in [-0.25, -0.2) is 4.52 Å². The molecule has 2 heterocycles. The third-order valence-corrected chi connectivity index (χ3v) is 2.92. The van der Waals surface area contributed by atoms with Crippen molar-refractivity contribution in [2.24, 2.45) is 0 Å². The number of rotatable bonds is 3. The highest BCUT2D eigenvalue weighted by atomic mass is 15.3. The minimum atomic E-state index is 0.290. The number of nitrogen functional groups attached to an aromatic ring is 1. The molecule has 3 rings (SSSR count). The van der Waals surface area contributed by atoms with Crippen LogP contribution in [0.2, 0.25) is 0 Å². The van der Waals surface area contributed by atoms with E-state index in [1.54, 1.807) is 4.52 Å². The number of nitrogens with zero attached hydrogens (tertiary/aromatic N) is 3. The number of fused-ring (bicyclic) bond motifs is 1. The molecule has 0 spiro atoms. The predicted molar refractivity (Wildman–Crippen MR) is 77.0 cm³/mol. The van der Waals surface area contributed by atoms with Crippen molar-refractivity contribution in [3.8, 4) is 11.1 Å². The normalized spacial score (nSPS) is 10.8. The van der Waals surface area contributed by atoms with Gasteiger partial charge in [0.05, 0.1) is 0 Å². The van der Waals surface area contributed by atoms with Crippen molar-refractivity contribution in [1.82, 2.24) is 14.6 Å². The third kappa shape index (κ3) is 2.22. The standard InChI is InChI=1S/C14H15N5/c1-2-16-12-5-3-4-10(8-12)11-6-7-13-17-14(15)18-19(13)9-11/h3-9,16H,2H2,1H3,(H2,15,18). The second-order valence-electron chi connectivity index (χ2n) is 4.30. The number of pyridine rings is 1. The topological polar surface area (TPSA) is 68.2 Å². The molecule has 0 amide bonds. The molecule has 0 bridgehead atoms. The van der Waals surface area contributed by atoms with Crippen LogP contribution in [0.1, 0.15) is 6.92 Å². The van der Waals surface area contributed by atoms with Crippen molar-refractivity contribution in [3.05, 3.63) is 42.6 Å². The Labute approximate surface area is 111 Å². The van der Waals surface area contributed by atoms with E-state index in [2.05, 4.69) is 40.5 Å². The molecule has 19 heavy (non-hydrogen) atoms. The molecule has 0 fully saturated rings. The Morgan fingerprint density at radius 3 is 2.95 bits per heavy atom. The maximum atomic E-state index is 5.59. The Bertz CT molecular complexity index is 717. The van der Waals surface area contributed by atoms with E-state index in [1.165, 1.54) is 0 Å². The summed E-state index contributed by atoms with van der Waals surface area (Å²) in [4.78, 5) is 4.11. The molecule has 3 N–H and O–H groups in total. The first-order chi connectivity index (χ1) is 9.26. The van der Waals surface area contributed by atoms with Crippen LogP contribution in [0.15, 0.2) is 42.6 Å². The quantitative estimate of drug-likeness (QED) is 0.752. The molecule has 0 aliphatic rings. The summed E-state index contributed by atoms with van der Waals surface area (Å²) in [7, 11) is 0. The number of hydrogen-bond donors (Lipinski definition) is 2. The van der Waals surface area contributed by atoms with Crippen LogP contribution in [0.25, 0.3) is 16.8 Å². The number of anilines is 2. The summed E-state index contributed by atoms with van der Waals surface area (Å²) in [5.74, 6) is 0.290. The van der Waals surface area contributed by atoms with E-state index in [0.717, 1.165) is 29.0 Å². The monoisotopic (exact) mass is 253 g/mol. The smallest absolute Gasteiger partial charge is 0.240 e. The zero-order valence-electron chi connectivity index (χ0n) is 10.7. The molecule has 0 unspecified atom stereocenters. The Morgan fingerprint density at radius 2 is 2.11 bits per heavy atom. The maximum absolute atomic E-state index is 5.59. The number of benzene rings is 1. The SMILES string of the molecule is CCNc1cccc(-c2ccc3nc(N)nn3c2)c1. The molecule has 1 aromatic carbocycles. The lowest BCUT2D eigenvalue weighted by Crippen LogP contribution is -1.96. The van der Waals surface area contributed by atoms with Gasteiger partial charge in [0, 0.05) is 24.0 Å². The van der Waals surface area contributed by atoms with Crippen molar-refractivity contribution < 1.29 is 0 Å². The predicted octanol–water partition coefficient (Wildman–Crippen LogP) is 2.41. The fourth-order valence-electron chi connectivity index (χ4n) is 2.08. The van der Waals surface area contributed by atoms with E-state index in [9.17, 15) is 0 Å². The van der Waals surface area contributed by atoms with Crippen molar-refractivity contribution in [3.63, 3.8) is 0 Å². The minimum absolute atomic E-state index is 0.290. The molecule has 5 nitrogen and oxygen atoms in total. The second kappa shape index (κ2) is 4.61. The van der Waals surface area contributed by atoms with Gasteiger partial charge in [0.2, 0.25) is 5.95 Å². The summed E-state index contributed by atoms with van der Waals surface area (Å²) in [5.41, 5.74) is 9.67. The molecule has 0 aliphatic carbocycles. The Hall–Kier alpha value is -2.56. The first-order valence-electron chi connectivity index (χ1n) is 6.22. The molecule has 0 radical (unpaired) electrons. The lowest BCUT2D eigenvalue weighted by molar-refractivity contribution is 0.969. The van der Waals surface area contributed by atoms with Crippen LogP contribution in [-0.2, 0) is 0 Å². The number of aromatic nitrogens is 3. The molecule has 3 aromatic rings. The fourth-order valence-corrected chi connectivity index (χ4v) is 2.08. The highest BCUT2D eigenvalue weighted by molar-refractivity contribution is 5.68. The van der Waals surface area contributed by atoms with Gasteiger partial charge in [0.25, 0.3) is 0 Å². The summed E-state index contributed by atoms with van der Waals surface area (Å²) in [5, 5.41) is 7.43. The zero-order valence-corrected chi connectivity index (χ0v) is 10.7. The Kier molecular flexibility index (Phi) is 2.79. The highest BCUT2D eigenvalue weighted by Crippen LogP contribution is 2.23. The highest BCUT2D eigenvalue weighted by Gasteiger charge is 2.03. The molecular weight excluding hydrogens is 238 g/mol. The number of nitrogens with one attached hydrogen (secondary N) is 1. The van der Waals surface area contributed by atoms with E-state index in [1.807, 2.05) is 24.4 Å². The summed E-state index contributed by atoms with van der Waals surface area (Å²) >= 11 is 0. The van der Waals surface area contributed by atoms with Gasteiger partial charge in [-0.2, -0.15) is 4.98 Å². The zero-order chi connectivity index (χ0) is 13.2. The van der Waals surface area contributed by atoms with Crippen LogP contribution < -0.4 is 11.1 Å². The molecule has 0 saturated heterocycles. The van der Waals surface area contributed by atoms with Crippen molar-refractivity contribution in [2.75, 3.05) is 17.6 Å². The summed E-state index contributed by atoms with van der Waals surface area (Å²) in [6, 6.07) is 12.2. The lowest BCUT2D eigenvalue weighted by atomic mass is 10.1. The van der Waals surface area contributed by atoms with Crippen LogP contribution in [0.5, 0.6) is 0 Å². The average Bonchev–Trinajstić information content (AvgIpc) is 2.78. The fraction of sp³-hybridized carbons (Fsp3) is 0.143. The van der Waals surface area contributed by atoms with Crippen LogP contribution in [0.3, 0.4) is 0 Å². The van der Waals surface area contributed by atoms with Crippen molar-refractivity contribution in [1.29, 1.82) is 0 Å². The average molecular weight is 253 g/mol. The molecule has 0 aliphatic heterocycles. The largest absolute Gasteiger partial charge is 0.385 e. The maximum Gasteiger partial charge on any atom is 0.240 e. The van der Waals surface area contributed by atoms with E-state index in [4.69, 9.17) is 5.73 Å². The Balaban J connectivity index is 2.05. The van der Waals surface area contributed by atoms with Gasteiger partial charge in [-0.1, -0.05) is 12.1 Å². The molecule has 0 atom stereocenters. The van der Waals surface area contributed by atoms with E-state index < -0.39 is 0 Å². The van der Waals surface area contributed by atoms with E-state index in [-0.39, 0.29) is 0 Å². The molecule has 0 saturated carbocycles. The van der Waals surface area contributed by atoms with Crippen LogP contribution in [0.4, 0.5) is 11.6 Å². The summed E-state index contributed by atoms with van der Waals surface area (Å²) in [6.45, 7) is 2.99. The lowest BCUT2D eigenvalue weighted by Gasteiger charge is -2.06. The van der Waals surface area contributed by atoms with Crippen molar-refractivity contribution in [2.45, 2.75) is 6.92 Å². The van der Waals surface area contributed by atoms with E-state index in [0.29, 0.717) is 5.95 Å². The first kappa shape index (κ1) is 11.5. The van der Waals surface area contributed by atoms with Gasteiger partial charge in [-0.3, -0.25) is 0 Å². The minimum Gasteiger partial charge on any atom is -0.385 e. The van der Waals surface area contributed by atoms with Crippen molar-refractivity contribution >= 4 is 17.3 Å². The first-order valence-corrected chi connectivity index (χ1v) is 6.22. The summed E-state index contributed by atoms with van der Waals surface area (Å²) in [6.07, 6.45) is 1.93. The molecule has 2 aromatic heterocycles. The number of nitrogens with two attached hydrogens (primary N) is 1. The molecule has 5 heteroatoms.